The number of hydrazone groups is 1. The highest BCUT2D eigenvalue weighted by Crippen LogP contribution is 2.24. The normalized spacial score (nSPS) is 11.0. The van der Waals surface area contributed by atoms with Gasteiger partial charge in [0.1, 0.15) is 5.58 Å². The monoisotopic (exact) mass is 323 g/mol. The average molecular weight is 323 g/mol. The first-order valence-electron chi connectivity index (χ1n) is 7.11. The molecule has 0 fully saturated rings. The van der Waals surface area contributed by atoms with Gasteiger partial charge in [0.05, 0.1) is 11.1 Å². The summed E-state index contributed by atoms with van der Waals surface area (Å²) in [6.45, 7) is 1.96. The van der Waals surface area contributed by atoms with Gasteiger partial charge < -0.3 is 4.42 Å². The molecular weight excluding hydrogens is 310 g/mol. The lowest BCUT2D eigenvalue weighted by molar-refractivity contribution is -0.384. The maximum atomic E-state index is 12.0. The molecule has 2 aromatic carbocycles. The molecule has 7 nitrogen and oxygen atoms in total. The molecule has 3 aromatic rings. The largest absolute Gasteiger partial charge is 0.451 e. The van der Waals surface area contributed by atoms with Crippen LogP contribution in [0.3, 0.4) is 0 Å². The summed E-state index contributed by atoms with van der Waals surface area (Å²) in [4.78, 5) is 22.3. The molecule has 7 heteroatoms. The minimum atomic E-state index is -0.530. The number of nitrogens with zero attached hydrogens (tertiary/aromatic N) is 2. The Labute approximate surface area is 136 Å². The van der Waals surface area contributed by atoms with Crippen LogP contribution in [-0.4, -0.2) is 17.0 Å². The number of hydrogen-bond acceptors (Lipinski definition) is 5. The van der Waals surface area contributed by atoms with Gasteiger partial charge in [-0.1, -0.05) is 29.8 Å². The van der Waals surface area contributed by atoms with Crippen LogP contribution in [0.2, 0.25) is 0 Å². The number of benzene rings is 2. The second kappa shape index (κ2) is 6.33. The van der Waals surface area contributed by atoms with Gasteiger partial charge in [-0.05, 0) is 24.6 Å². The van der Waals surface area contributed by atoms with E-state index in [9.17, 15) is 14.9 Å². The van der Waals surface area contributed by atoms with Crippen molar-refractivity contribution in [3.05, 3.63) is 75.5 Å². The molecule has 1 amide bonds. The lowest BCUT2D eigenvalue weighted by atomic mass is 10.2. The molecule has 0 bridgehead atoms. The fourth-order valence-electron chi connectivity index (χ4n) is 2.23. The molecule has 0 saturated heterocycles. The van der Waals surface area contributed by atoms with Crippen LogP contribution in [0.5, 0.6) is 0 Å². The second-order valence-corrected chi connectivity index (χ2v) is 5.20. The lowest BCUT2D eigenvalue weighted by Gasteiger charge is -1.96. The molecule has 3 rings (SSSR count). The SMILES string of the molecule is Cc1cccc(/C=N/NC(=O)c2cc3cc([N+](=O)[O-])ccc3o2)c1. The molecular formula is C17H13N3O4. The number of fused-ring (bicyclic) bond motifs is 1. The molecule has 1 heterocycles. The number of aryl methyl sites for hydroxylation is 1. The van der Waals surface area contributed by atoms with Crippen molar-refractivity contribution in [1.29, 1.82) is 0 Å². The average Bonchev–Trinajstić information content (AvgIpc) is 2.98. The Morgan fingerprint density at radius 2 is 2.08 bits per heavy atom. The number of rotatable bonds is 4. The Morgan fingerprint density at radius 1 is 1.25 bits per heavy atom. The Hall–Kier alpha value is -3.48. The molecule has 0 unspecified atom stereocenters. The molecule has 0 spiro atoms. The Morgan fingerprint density at radius 3 is 2.83 bits per heavy atom. The van der Waals surface area contributed by atoms with Crippen LogP contribution in [0, 0.1) is 17.0 Å². The predicted octanol–water partition coefficient (Wildman–Crippen LogP) is 3.41. The van der Waals surface area contributed by atoms with Crippen molar-refractivity contribution in [3.8, 4) is 0 Å². The number of carbonyl (C=O) groups is 1. The van der Waals surface area contributed by atoms with Crippen LogP contribution in [0.4, 0.5) is 5.69 Å². The zero-order valence-corrected chi connectivity index (χ0v) is 12.7. The first-order valence-corrected chi connectivity index (χ1v) is 7.11. The standard InChI is InChI=1S/C17H13N3O4/c1-11-3-2-4-12(7-11)10-18-19-17(21)16-9-13-8-14(20(22)23)5-6-15(13)24-16/h2-10H,1H3,(H,19,21)/b18-10+. The summed E-state index contributed by atoms with van der Waals surface area (Å²) < 4.78 is 5.38. The number of furan rings is 1. The van der Waals surface area contributed by atoms with E-state index in [0.717, 1.165) is 11.1 Å². The van der Waals surface area contributed by atoms with Crippen LogP contribution in [0.25, 0.3) is 11.0 Å². The summed E-state index contributed by atoms with van der Waals surface area (Å²) >= 11 is 0. The summed E-state index contributed by atoms with van der Waals surface area (Å²) in [6, 6.07) is 13.2. The van der Waals surface area contributed by atoms with E-state index in [1.807, 2.05) is 31.2 Å². The van der Waals surface area contributed by atoms with Gasteiger partial charge in [-0.2, -0.15) is 5.10 Å². The summed E-state index contributed by atoms with van der Waals surface area (Å²) in [5, 5.41) is 15.1. The Bertz CT molecular complexity index is 959. The van der Waals surface area contributed by atoms with Gasteiger partial charge in [-0.3, -0.25) is 14.9 Å². The molecule has 0 atom stereocenters. The molecule has 120 valence electrons. The number of nitrogens with one attached hydrogen (secondary N) is 1. The van der Waals surface area contributed by atoms with Crippen LogP contribution in [0.1, 0.15) is 21.7 Å². The number of nitro benzene ring substituents is 1. The number of hydrogen-bond donors (Lipinski definition) is 1. The van der Waals surface area contributed by atoms with E-state index in [2.05, 4.69) is 10.5 Å². The van der Waals surface area contributed by atoms with Crippen LogP contribution >= 0.6 is 0 Å². The van der Waals surface area contributed by atoms with Crippen LogP contribution in [-0.2, 0) is 0 Å². The van der Waals surface area contributed by atoms with Gasteiger partial charge in [-0.15, -0.1) is 0 Å². The van der Waals surface area contributed by atoms with Crippen molar-refractivity contribution in [2.75, 3.05) is 0 Å². The zero-order valence-electron chi connectivity index (χ0n) is 12.7. The number of non-ortho nitro benzene ring substituents is 1. The summed E-state index contributed by atoms with van der Waals surface area (Å²) in [7, 11) is 0. The van der Waals surface area contributed by atoms with Gasteiger partial charge in [0.15, 0.2) is 5.76 Å². The molecule has 1 aromatic heterocycles. The molecule has 0 aliphatic heterocycles. The molecule has 0 saturated carbocycles. The van der Waals surface area contributed by atoms with Crippen LogP contribution in [0.15, 0.2) is 58.0 Å². The molecule has 0 aliphatic rings. The van der Waals surface area contributed by atoms with Crippen molar-refractivity contribution in [2.24, 2.45) is 5.10 Å². The van der Waals surface area contributed by atoms with E-state index < -0.39 is 10.8 Å². The number of carbonyl (C=O) groups excluding carboxylic acids is 1. The fourth-order valence-corrected chi connectivity index (χ4v) is 2.23. The van der Waals surface area contributed by atoms with E-state index >= 15 is 0 Å². The van der Waals surface area contributed by atoms with E-state index in [1.165, 1.54) is 30.5 Å². The Kier molecular flexibility index (Phi) is 4.07. The van der Waals surface area contributed by atoms with E-state index in [4.69, 9.17) is 4.42 Å². The van der Waals surface area contributed by atoms with Crippen molar-refractivity contribution in [1.82, 2.24) is 5.43 Å². The number of nitro groups is 1. The van der Waals surface area contributed by atoms with Crippen molar-refractivity contribution in [2.45, 2.75) is 6.92 Å². The highest BCUT2D eigenvalue weighted by atomic mass is 16.6. The molecule has 1 N–H and O–H groups in total. The lowest BCUT2D eigenvalue weighted by Crippen LogP contribution is -2.16. The van der Waals surface area contributed by atoms with Gasteiger partial charge >= 0.3 is 5.91 Å². The van der Waals surface area contributed by atoms with Crippen molar-refractivity contribution < 1.29 is 14.1 Å². The number of amides is 1. The first kappa shape index (κ1) is 15.4. The van der Waals surface area contributed by atoms with Gasteiger partial charge in [-0.25, -0.2) is 5.43 Å². The molecule has 0 aliphatic carbocycles. The maximum absolute atomic E-state index is 12.0. The van der Waals surface area contributed by atoms with Gasteiger partial charge in [0.2, 0.25) is 0 Å². The minimum absolute atomic E-state index is 0.0342. The van der Waals surface area contributed by atoms with Gasteiger partial charge in [0.25, 0.3) is 5.69 Å². The van der Waals surface area contributed by atoms with Crippen molar-refractivity contribution in [3.63, 3.8) is 0 Å². The zero-order chi connectivity index (χ0) is 17.1. The summed E-state index contributed by atoms with van der Waals surface area (Å²) in [5.74, 6) is -0.496. The van der Waals surface area contributed by atoms with Crippen LogP contribution < -0.4 is 5.43 Å². The predicted molar refractivity (Wildman–Crippen MR) is 89.1 cm³/mol. The highest BCUT2D eigenvalue weighted by Gasteiger charge is 2.14. The summed E-state index contributed by atoms with van der Waals surface area (Å²) in [5.41, 5.74) is 4.65. The van der Waals surface area contributed by atoms with E-state index in [1.54, 1.807) is 0 Å². The molecule has 0 radical (unpaired) electrons. The smallest absolute Gasteiger partial charge is 0.307 e. The third-order valence-corrected chi connectivity index (χ3v) is 3.36. The van der Waals surface area contributed by atoms with E-state index in [-0.39, 0.29) is 11.4 Å². The summed E-state index contributed by atoms with van der Waals surface area (Å²) in [6.07, 6.45) is 1.53. The van der Waals surface area contributed by atoms with E-state index in [0.29, 0.717) is 11.0 Å². The Balaban J connectivity index is 1.75. The quantitative estimate of drug-likeness (QED) is 0.452. The topological polar surface area (TPSA) is 97.7 Å². The fraction of sp³-hybridized carbons (Fsp3) is 0.0588. The second-order valence-electron chi connectivity index (χ2n) is 5.20. The van der Waals surface area contributed by atoms with Crippen molar-refractivity contribution >= 4 is 28.8 Å². The molecule has 24 heavy (non-hydrogen) atoms. The van der Waals surface area contributed by atoms with Gasteiger partial charge in [0, 0.05) is 17.5 Å². The third kappa shape index (κ3) is 3.30. The minimum Gasteiger partial charge on any atom is -0.451 e. The third-order valence-electron chi connectivity index (χ3n) is 3.36. The highest BCUT2D eigenvalue weighted by molar-refractivity contribution is 5.97. The maximum Gasteiger partial charge on any atom is 0.307 e. The first-order chi connectivity index (χ1) is 11.5.